The van der Waals surface area contributed by atoms with E-state index in [-0.39, 0.29) is 0 Å². The summed E-state index contributed by atoms with van der Waals surface area (Å²) in [5, 5.41) is 0.991. The van der Waals surface area contributed by atoms with Crippen LogP contribution in [0.3, 0.4) is 0 Å². The highest BCUT2D eigenvalue weighted by Gasteiger charge is 2.23. The van der Waals surface area contributed by atoms with Gasteiger partial charge in [0.2, 0.25) is 0 Å². The van der Waals surface area contributed by atoms with Crippen LogP contribution in [0.1, 0.15) is 33.6 Å². The zero-order valence-electron chi connectivity index (χ0n) is 6.61. The highest BCUT2D eigenvalue weighted by atomic mass is 32.2. The van der Waals surface area contributed by atoms with E-state index in [1.807, 2.05) is 0 Å². The molecule has 1 atom stereocenters. The molecule has 0 bridgehead atoms. The van der Waals surface area contributed by atoms with E-state index in [0.29, 0.717) is 5.41 Å². The number of thioether (sulfide) groups is 1. The maximum absolute atomic E-state index is 2.33. The normalized spacial score (nSPS) is 27.7. The Morgan fingerprint density at radius 3 is 2.11 bits per heavy atom. The van der Waals surface area contributed by atoms with Gasteiger partial charge < -0.3 is 0 Å². The summed E-state index contributed by atoms with van der Waals surface area (Å²) < 4.78 is 0. The number of hydrogen-bond acceptors (Lipinski definition) is 1. The van der Waals surface area contributed by atoms with Gasteiger partial charge in [-0.15, -0.1) is 0 Å². The number of hydrogen-bond donors (Lipinski definition) is 0. The molecule has 0 aliphatic carbocycles. The molecule has 1 unspecified atom stereocenters. The Hall–Kier alpha value is 0.350. The van der Waals surface area contributed by atoms with Gasteiger partial charge >= 0.3 is 0 Å². The Morgan fingerprint density at radius 1 is 1.44 bits per heavy atom. The monoisotopic (exact) mass is 144 g/mol. The third-order valence-electron chi connectivity index (χ3n) is 1.63. The maximum atomic E-state index is 2.33. The summed E-state index contributed by atoms with van der Waals surface area (Å²) in [6.45, 7) is 6.98. The van der Waals surface area contributed by atoms with Crippen molar-refractivity contribution in [3.05, 3.63) is 0 Å². The minimum Gasteiger partial charge on any atom is -0.158 e. The summed E-state index contributed by atoms with van der Waals surface area (Å²) in [6.07, 6.45) is 2.86. The summed E-state index contributed by atoms with van der Waals surface area (Å²) in [5.74, 6) is 1.40. The topological polar surface area (TPSA) is 0 Å². The molecule has 0 saturated carbocycles. The lowest BCUT2D eigenvalue weighted by molar-refractivity contribution is 0.365. The van der Waals surface area contributed by atoms with Crippen molar-refractivity contribution >= 4 is 11.8 Å². The van der Waals surface area contributed by atoms with Crippen LogP contribution >= 0.6 is 11.8 Å². The second kappa shape index (κ2) is 2.53. The van der Waals surface area contributed by atoms with Crippen LogP contribution in [0.25, 0.3) is 0 Å². The second-order valence-corrected chi connectivity index (χ2v) is 5.45. The van der Waals surface area contributed by atoms with Crippen molar-refractivity contribution in [2.24, 2.45) is 5.41 Å². The predicted octanol–water partition coefficient (Wildman–Crippen LogP) is 2.93. The van der Waals surface area contributed by atoms with Gasteiger partial charge in [0.25, 0.3) is 0 Å². The molecule has 1 aliphatic heterocycles. The van der Waals surface area contributed by atoms with Crippen molar-refractivity contribution in [3.63, 3.8) is 0 Å². The Bertz CT molecular complexity index is 87.2. The molecule has 1 rings (SSSR count). The molecule has 1 saturated heterocycles. The lowest BCUT2D eigenvalue weighted by atomic mass is 9.89. The second-order valence-electron chi connectivity index (χ2n) is 4.05. The van der Waals surface area contributed by atoms with Gasteiger partial charge in [0.05, 0.1) is 0 Å². The molecule has 1 aliphatic rings. The molecule has 1 fully saturated rings. The van der Waals surface area contributed by atoms with Crippen LogP contribution in [0.15, 0.2) is 0 Å². The molecule has 0 aromatic carbocycles. The quantitative estimate of drug-likeness (QED) is 0.545. The molecule has 0 aromatic rings. The molecule has 1 heteroatoms. The van der Waals surface area contributed by atoms with Gasteiger partial charge in [0.1, 0.15) is 0 Å². The molecule has 0 nitrogen and oxygen atoms in total. The van der Waals surface area contributed by atoms with Crippen LogP contribution in [0.2, 0.25) is 0 Å². The average molecular weight is 144 g/mol. The molecule has 1 heterocycles. The third kappa shape index (κ3) is 2.61. The van der Waals surface area contributed by atoms with E-state index in [0.717, 1.165) is 5.25 Å². The summed E-state index contributed by atoms with van der Waals surface area (Å²) in [4.78, 5) is 0. The van der Waals surface area contributed by atoms with Crippen LogP contribution in [-0.2, 0) is 0 Å². The standard InChI is InChI=1S/C8H16S/c1-8(2,3)6-7-4-5-9-7/h7H,4-6H2,1-3H3. The van der Waals surface area contributed by atoms with Gasteiger partial charge in [0.15, 0.2) is 0 Å². The van der Waals surface area contributed by atoms with Crippen molar-refractivity contribution in [1.29, 1.82) is 0 Å². The minimum absolute atomic E-state index is 0.554. The van der Waals surface area contributed by atoms with E-state index in [4.69, 9.17) is 0 Å². The third-order valence-corrected chi connectivity index (χ3v) is 2.98. The lowest BCUT2D eigenvalue weighted by Crippen LogP contribution is -2.22. The van der Waals surface area contributed by atoms with Crippen LogP contribution in [0.5, 0.6) is 0 Å². The van der Waals surface area contributed by atoms with E-state index in [9.17, 15) is 0 Å². The smallest absolute Gasteiger partial charge is 0.00598 e. The fourth-order valence-corrected chi connectivity index (χ4v) is 2.32. The largest absolute Gasteiger partial charge is 0.158 e. The van der Waals surface area contributed by atoms with Gasteiger partial charge in [0, 0.05) is 5.25 Å². The Kier molecular flexibility index (Phi) is 2.10. The minimum atomic E-state index is 0.554. The van der Waals surface area contributed by atoms with E-state index in [2.05, 4.69) is 32.5 Å². The molecular formula is C8H16S. The Morgan fingerprint density at radius 2 is 2.00 bits per heavy atom. The zero-order valence-corrected chi connectivity index (χ0v) is 7.42. The van der Waals surface area contributed by atoms with Crippen molar-refractivity contribution in [1.82, 2.24) is 0 Å². The van der Waals surface area contributed by atoms with Crippen LogP contribution < -0.4 is 0 Å². The predicted molar refractivity (Wildman–Crippen MR) is 44.9 cm³/mol. The molecule has 54 valence electrons. The molecule has 0 amide bonds. The highest BCUT2D eigenvalue weighted by Crippen LogP contribution is 2.36. The van der Waals surface area contributed by atoms with Crippen molar-refractivity contribution < 1.29 is 0 Å². The van der Waals surface area contributed by atoms with Crippen LogP contribution in [0.4, 0.5) is 0 Å². The van der Waals surface area contributed by atoms with E-state index in [1.54, 1.807) is 0 Å². The number of rotatable bonds is 1. The molecule has 9 heavy (non-hydrogen) atoms. The van der Waals surface area contributed by atoms with Gasteiger partial charge in [-0.25, -0.2) is 0 Å². The first-order chi connectivity index (χ1) is 4.08. The van der Waals surface area contributed by atoms with Gasteiger partial charge in [-0.05, 0) is 24.0 Å². The van der Waals surface area contributed by atoms with Crippen LogP contribution in [-0.4, -0.2) is 11.0 Å². The summed E-state index contributed by atoms with van der Waals surface area (Å²) in [6, 6.07) is 0. The SMILES string of the molecule is CC(C)(C)CC1CCS1. The molecule has 0 N–H and O–H groups in total. The average Bonchev–Trinajstić information content (AvgIpc) is 1.53. The zero-order chi connectivity index (χ0) is 6.91. The van der Waals surface area contributed by atoms with Gasteiger partial charge in [-0.2, -0.15) is 11.8 Å². The van der Waals surface area contributed by atoms with Crippen molar-refractivity contribution in [2.45, 2.75) is 38.9 Å². The van der Waals surface area contributed by atoms with E-state index < -0.39 is 0 Å². The molecule has 0 aromatic heterocycles. The first-order valence-electron chi connectivity index (χ1n) is 3.69. The van der Waals surface area contributed by atoms with Crippen molar-refractivity contribution in [3.8, 4) is 0 Å². The Labute approximate surface area is 62.4 Å². The van der Waals surface area contributed by atoms with E-state index in [1.165, 1.54) is 18.6 Å². The lowest BCUT2D eigenvalue weighted by Gasteiger charge is -2.31. The first-order valence-corrected chi connectivity index (χ1v) is 4.74. The molecular weight excluding hydrogens is 128 g/mol. The maximum Gasteiger partial charge on any atom is 0.00598 e. The Balaban J connectivity index is 2.16. The highest BCUT2D eigenvalue weighted by molar-refractivity contribution is 8.01. The molecule has 0 spiro atoms. The fourth-order valence-electron chi connectivity index (χ4n) is 1.13. The molecule has 0 radical (unpaired) electrons. The van der Waals surface area contributed by atoms with Crippen molar-refractivity contribution in [2.75, 3.05) is 5.75 Å². The summed E-state index contributed by atoms with van der Waals surface area (Å²) >= 11 is 2.13. The first kappa shape index (κ1) is 7.46. The van der Waals surface area contributed by atoms with Gasteiger partial charge in [-0.1, -0.05) is 20.8 Å². The summed E-state index contributed by atoms with van der Waals surface area (Å²) in [7, 11) is 0. The van der Waals surface area contributed by atoms with Crippen LogP contribution in [0, 0.1) is 5.41 Å². The fraction of sp³-hybridized carbons (Fsp3) is 1.00. The van der Waals surface area contributed by atoms with Gasteiger partial charge in [-0.3, -0.25) is 0 Å². The van der Waals surface area contributed by atoms with E-state index >= 15 is 0 Å². The summed E-state index contributed by atoms with van der Waals surface area (Å²) in [5.41, 5.74) is 0.554.